The Balaban J connectivity index is 3.36. The molecule has 0 spiro atoms. The molecule has 1 aromatic rings. The van der Waals surface area contributed by atoms with Gasteiger partial charge >= 0.3 is 150 Å². The second kappa shape index (κ2) is 10.5. The summed E-state index contributed by atoms with van der Waals surface area (Å²) in [5.41, 5.74) is 0.289. The minimum absolute atomic E-state index is 0.212. The first-order chi connectivity index (χ1) is 11.0. The number of benzene rings is 1. The topological polar surface area (TPSA) is 43.1 Å². The van der Waals surface area contributed by atoms with Crippen LogP contribution in [0.2, 0.25) is 18.3 Å². The number of nitro groups is 1. The summed E-state index contributed by atoms with van der Waals surface area (Å²) in [4.78, 5) is 11.4. The van der Waals surface area contributed by atoms with Gasteiger partial charge in [0.1, 0.15) is 0 Å². The maximum absolute atomic E-state index is 11.6. The number of rotatable bonds is 11. The van der Waals surface area contributed by atoms with Crippen LogP contribution in [-0.2, 0) is 0 Å². The number of hydrogen-bond donors (Lipinski definition) is 0. The number of halogens is 1. The van der Waals surface area contributed by atoms with Crippen molar-refractivity contribution in [3.8, 4) is 0 Å². The quantitative estimate of drug-likeness (QED) is 0.227. The summed E-state index contributed by atoms with van der Waals surface area (Å²) in [6, 6.07) is 5.43. The molecule has 0 saturated carbocycles. The summed E-state index contributed by atoms with van der Waals surface area (Å²) in [5, 5.41) is 12.1. The molecule has 130 valence electrons. The van der Waals surface area contributed by atoms with Crippen LogP contribution >= 0.6 is 11.6 Å². The Bertz CT molecular complexity index is 486. The van der Waals surface area contributed by atoms with Gasteiger partial charge in [-0.15, -0.1) is 0 Å². The van der Waals surface area contributed by atoms with Gasteiger partial charge in [-0.25, -0.2) is 0 Å². The monoisotopic (exact) mass is 447 g/mol. The van der Waals surface area contributed by atoms with Crippen LogP contribution in [0, 0.1) is 10.1 Å². The molecule has 0 fully saturated rings. The third-order valence-electron chi connectivity index (χ3n) is 4.75. The molecule has 0 aromatic heterocycles. The number of hydrogen-bond acceptors (Lipinski definition) is 2. The Morgan fingerprint density at radius 1 is 1.00 bits per heavy atom. The second-order valence-electron chi connectivity index (χ2n) is 6.51. The van der Waals surface area contributed by atoms with Crippen molar-refractivity contribution in [2.45, 2.75) is 72.6 Å². The van der Waals surface area contributed by atoms with Crippen molar-refractivity contribution in [2.75, 3.05) is 0 Å². The summed E-state index contributed by atoms with van der Waals surface area (Å²) in [7, 11) is 0. The summed E-state index contributed by atoms with van der Waals surface area (Å²) < 4.78 is 4.79. The van der Waals surface area contributed by atoms with Crippen LogP contribution in [0.15, 0.2) is 18.2 Å². The van der Waals surface area contributed by atoms with Crippen LogP contribution in [0.5, 0.6) is 0 Å². The first-order valence-corrected chi connectivity index (χ1v) is 16.8. The minimum atomic E-state index is -2.77. The molecule has 0 aliphatic rings. The molecule has 0 N–H and O–H groups in total. The van der Waals surface area contributed by atoms with Gasteiger partial charge in [0.25, 0.3) is 0 Å². The number of unbranched alkanes of at least 4 members (excludes halogenated alkanes) is 3. The van der Waals surface area contributed by atoms with Gasteiger partial charge in [0, 0.05) is 0 Å². The molecule has 0 heterocycles. The van der Waals surface area contributed by atoms with E-state index in [1.165, 1.54) is 32.6 Å². The van der Waals surface area contributed by atoms with Crippen LogP contribution in [0.3, 0.4) is 0 Å². The first-order valence-electron chi connectivity index (χ1n) is 8.95. The zero-order valence-corrected chi connectivity index (χ0v) is 18.3. The van der Waals surface area contributed by atoms with E-state index in [-0.39, 0.29) is 10.6 Å². The molecule has 0 saturated heterocycles. The van der Waals surface area contributed by atoms with Gasteiger partial charge in [0.2, 0.25) is 0 Å². The van der Waals surface area contributed by atoms with E-state index in [2.05, 4.69) is 20.8 Å². The molecular weight excluding hydrogens is 416 g/mol. The summed E-state index contributed by atoms with van der Waals surface area (Å²) in [5.74, 6) is 0. The predicted molar refractivity (Wildman–Crippen MR) is 103 cm³/mol. The van der Waals surface area contributed by atoms with Gasteiger partial charge in [-0.3, -0.25) is 0 Å². The summed E-state index contributed by atoms with van der Waals surface area (Å²) in [6.45, 7) is 6.64. The van der Waals surface area contributed by atoms with E-state index in [1.807, 2.05) is 12.1 Å². The van der Waals surface area contributed by atoms with E-state index in [4.69, 9.17) is 11.6 Å². The third kappa shape index (κ3) is 5.93. The molecule has 1 aromatic carbocycles. The number of nitro benzene ring substituents is 1. The Morgan fingerprint density at radius 3 is 1.87 bits per heavy atom. The molecule has 1 rings (SSSR count). The van der Waals surface area contributed by atoms with Gasteiger partial charge in [-0.2, -0.15) is 0 Å². The maximum atomic E-state index is 11.6. The zero-order chi connectivity index (χ0) is 17.3. The Hall–Kier alpha value is -0.291. The van der Waals surface area contributed by atoms with Crippen LogP contribution in [0.1, 0.15) is 59.3 Å². The molecule has 5 heteroatoms. The molecule has 0 aliphatic heterocycles. The van der Waals surface area contributed by atoms with Crippen molar-refractivity contribution < 1.29 is 4.92 Å². The van der Waals surface area contributed by atoms with Crippen LogP contribution in [0.25, 0.3) is 0 Å². The van der Waals surface area contributed by atoms with E-state index >= 15 is 0 Å². The standard InChI is InChI=1S/C6H3ClNO2.3C4H9.Sn/c7-5-2-1-3-6(4-5)8(9)10;3*1-3-4-2;/h1-2,4H;3*1,3-4H2,2H3;. The van der Waals surface area contributed by atoms with Gasteiger partial charge in [-0.05, 0) is 0 Å². The fraction of sp³-hybridized carbons (Fsp3) is 0.667. The third-order valence-corrected chi connectivity index (χ3v) is 20.7. The van der Waals surface area contributed by atoms with Crippen molar-refractivity contribution >= 4 is 39.2 Å². The van der Waals surface area contributed by atoms with E-state index in [1.54, 1.807) is 6.07 Å². The average Bonchev–Trinajstić information content (AvgIpc) is 2.54. The van der Waals surface area contributed by atoms with E-state index in [0.29, 0.717) is 5.02 Å². The second-order valence-corrected chi connectivity index (χ2v) is 20.1. The van der Waals surface area contributed by atoms with Gasteiger partial charge in [0.15, 0.2) is 0 Å². The first kappa shape index (κ1) is 20.8. The van der Waals surface area contributed by atoms with Crippen molar-refractivity contribution in [3.63, 3.8) is 0 Å². The van der Waals surface area contributed by atoms with E-state index < -0.39 is 18.4 Å². The van der Waals surface area contributed by atoms with Gasteiger partial charge in [0.05, 0.1) is 0 Å². The van der Waals surface area contributed by atoms with Gasteiger partial charge < -0.3 is 0 Å². The predicted octanol–water partition coefficient (Wildman–Crippen LogP) is 6.30. The SMILES string of the molecule is CCC[CH2][Sn]([CH2]CCC)([CH2]CCC)[c]1ccc(Cl)cc1[N+](=O)[O-]. The summed E-state index contributed by atoms with van der Waals surface area (Å²) >= 11 is 3.27. The molecule has 23 heavy (non-hydrogen) atoms. The number of nitrogens with zero attached hydrogens (tertiary/aromatic N) is 1. The van der Waals surface area contributed by atoms with Crippen molar-refractivity contribution in [3.05, 3.63) is 33.3 Å². The molecule has 0 atom stereocenters. The zero-order valence-electron chi connectivity index (χ0n) is 14.7. The Morgan fingerprint density at radius 2 is 1.48 bits per heavy atom. The Labute approximate surface area is 149 Å². The molecule has 0 aliphatic carbocycles. The van der Waals surface area contributed by atoms with E-state index in [0.717, 1.165) is 22.8 Å². The molecule has 0 unspecified atom stereocenters. The van der Waals surface area contributed by atoms with Crippen molar-refractivity contribution in [2.24, 2.45) is 0 Å². The van der Waals surface area contributed by atoms with Crippen molar-refractivity contribution in [1.29, 1.82) is 0 Å². The molecular formula is C18H30ClNO2Sn. The Kier molecular flexibility index (Phi) is 9.52. The molecule has 0 bridgehead atoms. The van der Waals surface area contributed by atoms with E-state index in [9.17, 15) is 10.1 Å². The fourth-order valence-electron chi connectivity index (χ4n) is 3.43. The summed E-state index contributed by atoms with van der Waals surface area (Å²) in [6.07, 6.45) is 7.09. The van der Waals surface area contributed by atoms with Gasteiger partial charge in [-0.1, -0.05) is 0 Å². The van der Waals surface area contributed by atoms with Crippen LogP contribution in [-0.4, -0.2) is 23.3 Å². The van der Waals surface area contributed by atoms with Crippen LogP contribution < -0.4 is 3.58 Å². The fourth-order valence-corrected chi connectivity index (χ4v) is 20.1. The normalized spacial score (nSPS) is 11.7. The molecule has 3 nitrogen and oxygen atoms in total. The molecule has 0 amide bonds. The van der Waals surface area contributed by atoms with Crippen LogP contribution in [0.4, 0.5) is 5.69 Å². The average molecular weight is 447 g/mol. The molecule has 0 radical (unpaired) electrons. The van der Waals surface area contributed by atoms with Crippen molar-refractivity contribution in [1.82, 2.24) is 0 Å².